The first kappa shape index (κ1) is 16.9. The zero-order valence-electron chi connectivity index (χ0n) is 13.3. The molecule has 0 saturated carbocycles. The molecule has 124 valence electrons. The summed E-state index contributed by atoms with van der Waals surface area (Å²) in [5, 5.41) is 7.32. The van der Waals surface area contributed by atoms with Crippen molar-refractivity contribution in [1.82, 2.24) is 10.6 Å². The van der Waals surface area contributed by atoms with Gasteiger partial charge in [0.2, 0.25) is 0 Å². The van der Waals surface area contributed by atoms with Crippen molar-refractivity contribution in [3.63, 3.8) is 0 Å². The topological polar surface area (TPSA) is 47.6 Å². The molecule has 3 rings (SSSR count). The molecule has 1 aliphatic heterocycles. The molecule has 2 aromatic rings. The molecule has 0 unspecified atom stereocenters. The molecule has 1 aliphatic rings. The van der Waals surface area contributed by atoms with Gasteiger partial charge in [-0.05, 0) is 48.7 Å². The summed E-state index contributed by atoms with van der Waals surface area (Å²) in [4.78, 5) is 0. The summed E-state index contributed by atoms with van der Waals surface area (Å²) in [6.45, 7) is 0. The van der Waals surface area contributed by atoms with E-state index in [9.17, 15) is 4.57 Å². The van der Waals surface area contributed by atoms with Crippen LogP contribution >= 0.6 is 31.9 Å². The highest BCUT2D eigenvalue weighted by atomic mass is 32.1. The Labute approximate surface area is 152 Å². The van der Waals surface area contributed by atoms with Gasteiger partial charge in [-0.1, -0.05) is 30.3 Å². The Morgan fingerprint density at radius 3 is 1.67 bits per heavy atom. The van der Waals surface area contributed by atoms with Gasteiger partial charge < -0.3 is 10.6 Å². The van der Waals surface area contributed by atoms with E-state index in [4.69, 9.17) is 24.4 Å². The van der Waals surface area contributed by atoms with Gasteiger partial charge in [-0.25, -0.2) is 9.34 Å². The van der Waals surface area contributed by atoms with Gasteiger partial charge in [0.25, 0.3) is 0 Å². The minimum atomic E-state index is -3.31. The van der Waals surface area contributed by atoms with Crippen LogP contribution in [0.2, 0.25) is 0 Å². The minimum absolute atomic E-state index is 0.385. The lowest BCUT2D eigenvalue weighted by atomic mass is 10.2. The van der Waals surface area contributed by atoms with Crippen LogP contribution in [-0.4, -0.2) is 24.3 Å². The molecule has 0 spiro atoms. The maximum Gasteiger partial charge on any atom is 0.305 e. The van der Waals surface area contributed by atoms with Crippen molar-refractivity contribution in [3.8, 4) is 0 Å². The van der Waals surface area contributed by atoms with E-state index < -0.39 is 7.44 Å². The van der Waals surface area contributed by atoms with Crippen molar-refractivity contribution >= 4 is 58.8 Å². The molecule has 5 nitrogen and oxygen atoms in total. The molecule has 0 aromatic heterocycles. The number of anilines is 2. The molecule has 0 atom stereocenters. The van der Waals surface area contributed by atoms with Gasteiger partial charge in [0.1, 0.15) is 0 Å². The lowest BCUT2D eigenvalue weighted by Crippen LogP contribution is -2.43. The van der Waals surface area contributed by atoms with Gasteiger partial charge in [-0.3, -0.25) is 4.57 Å². The smallest absolute Gasteiger partial charge is 0.305 e. The molecular weight excluding hydrogens is 359 g/mol. The quantitative estimate of drug-likeness (QED) is 0.586. The molecule has 0 radical (unpaired) electrons. The predicted octanol–water partition coefficient (Wildman–Crippen LogP) is 2.84. The van der Waals surface area contributed by atoms with Gasteiger partial charge in [0, 0.05) is 14.1 Å². The van der Waals surface area contributed by atoms with Crippen LogP contribution < -0.4 is 25.3 Å². The predicted molar refractivity (Wildman–Crippen MR) is 108 cm³/mol. The summed E-state index contributed by atoms with van der Waals surface area (Å²) in [5.41, 5.74) is 1.53. The summed E-state index contributed by atoms with van der Waals surface area (Å²) in [6, 6.07) is 16.9. The summed E-state index contributed by atoms with van der Waals surface area (Å²) < 4.78 is 17.7. The highest BCUT2D eigenvalue weighted by molar-refractivity contribution is 7.86. The van der Waals surface area contributed by atoms with Crippen LogP contribution in [0, 0.1) is 0 Å². The number of benzene rings is 2. The molecule has 0 aliphatic carbocycles. The Morgan fingerprint density at radius 2 is 1.25 bits per heavy atom. The fourth-order valence-corrected chi connectivity index (χ4v) is 6.41. The van der Waals surface area contributed by atoms with E-state index in [0.29, 0.717) is 15.5 Å². The number of nitrogens with one attached hydrogen (secondary N) is 2. The van der Waals surface area contributed by atoms with E-state index in [-0.39, 0.29) is 0 Å². The molecule has 0 saturated heterocycles. The molecule has 24 heavy (non-hydrogen) atoms. The van der Waals surface area contributed by atoms with Crippen LogP contribution in [0.4, 0.5) is 11.4 Å². The fraction of sp³-hybridized carbons (Fsp3) is 0.125. The van der Waals surface area contributed by atoms with Crippen molar-refractivity contribution < 1.29 is 4.57 Å². The van der Waals surface area contributed by atoms with Crippen LogP contribution in [-0.2, 0) is 4.57 Å². The van der Waals surface area contributed by atoms with Gasteiger partial charge in [-0.2, -0.15) is 0 Å². The third-order valence-corrected chi connectivity index (χ3v) is 7.72. The number of para-hydroxylation sites is 2. The maximum atomic E-state index is 14.3. The van der Waals surface area contributed by atoms with Crippen LogP contribution in [0.1, 0.15) is 0 Å². The number of nitrogens with zero attached hydrogens (tertiary/aromatic N) is 2. The van der Waals surface area contributed by atoms with Gasteiger partial charge in [0.05, 0.1) is 16.7 Å². The normalized spacial score (nSPS) is 14.9. The number of fused-ring (bicyclic) bond motifs is 1. The van der Waals surface area contributed by atoms with Crippen LogP contribution in [0.15, 0.2) is 54.6 Å². The average Bonchev–Trinajstić information content (AvgIpc) is 2.90. The van der Waals surface area contributed by atoms with Crippen LogP contribution in [0.25, 0.3) is 0 Å². The minimum Gasteiger partial charge on any atom is -0.365 e. The van der Waals surface area contributed by atoms with Crippen molar-refractivity contribution in [3.05, 3.63) is 54.6 Å². The SMILES string of the molecule is CNC(=S)N1c2ccccc2N(C(=S)NC)P1(=O)c1ccccc1. The lowest BCUT2D eigenvalue weighted by Gasteiger charge is -2.32. The summed E-state index contributed by atoms with van der Waals surface area (Å²) in [5.74, 6) is 0. The number of hydrogen-bond donors (Lipinski definition) is 2. The Balaban J connectivity index is 2.32. The van der Waals surface area contributed by atoms with E-state index >= 15 is 0 Å². The Hall–Kier alpha value is -1.95. The van der Waals surface area contributed by atoms with Crippen molar-refractivity contribution in [1.29, 1.82) is 0 Å². The molecule has 8 heteroatoms. The highest BCUT2D eigenvalue weighted by Crippen LogP contribution is 2.64. The first-order valence-corrected chi connectivity index (χ1v) is 9.78. The molecule has 2 N–H and O–H groups in total. The first-order chi connectivity index (χ1) is 11.6. The second-order valence-electron chi connectivity index (χ2n) is 5.10. The van der Waals surface area contributed by atoms with Crippen molar-refractivity contribution in [2.75, 3.05) is 23.4 Å². The van der Waals surface area contributed by atoms with E-state index in [0.717, 1.165) is 11.4 Å². The number of rotatable bonds is 1. The first-order valence-electron chi connectivity index (χ1n) is 7.35. The monoisotopic (exact) mass is 376 g/mol. The zero-order valence-corrected chi connectivity index (χ0v) is 15.8. The van der Waals surface area contributed by atoms with Gasteiger partial charge >= 0.3 is 7.44 Å². The van der Waals surface area contributed by atoms with E-state index in [1.807, 2.05) is 54.6 Å². The highest BCUT2D eigenvalue weighted by Gasteiger charge is 2.50. The largest absolute Gasteiger partial charge is 0.365 e. The standard InChI is InChI=1S/C16H17N4OPS2/c1-17-15(23)19-13-10-6-7-11-14(13)20(16(24)18-2)22(19,21)12-8-4-3-5-9-12/h3-11H,1-2H3,(H,17,23)(H,18,24). The lowest BCUT2D eigenvalue weighted by molar-refractivity contribution is 0.583. The third kappa shape index (κ3) is 2.40. The van der Waals surface area contributed by atoms with Crippen LogP contribution in [0.3, 0.4) is 0 Å². The van der Waals surface area contributed by atoms with Crippen molar-refractivity contribution in [2.45, 2.75) is 0 Å². The summed E-state index contributed by atoms with van der Waals surface area (Å²) in [6.07, 6.45) is 0. The number of thiocarbonyl (C=S) groups is 2. The van der Waals surface area contributed by atoms with Crippen molar-refractivity contribution in [2.24, 2.45) is 0 Å². The second kappa shape index (κ2) is 6.51. The molecule has 0 amide bonds. The van der Waals surface area contributed by atoms with E-state index in [2.05, 4.69) is 10.6 Å². The van der Waals surface area contributed by atoms with E-state index in [1.54, 1.807) is 23.4 Å². The molecular formula is C16H17N4OPS2. The molecule has 2 aromatic carbocycles. The Morgan fingerprint density at radius 1 is 0.833 bits per heavy atom. The zero-order chi connectivity index (χ0) is 17.3. The molecule has 0 fully saturated rings. The Kier molecular flexibility index (Phi) is 4.58. The van der Waals surface area contributed by atoms with E-state index in [1.165, 1.54) is 0 Å². The third-order valence-electron chi connectivity index (χ3n) is 3.79. The number of hydrogen-bond acceptors (Lipinski definition) is 3. The fourth-order valence-electron chi connectivity index (χ4n) is 2.73. The Bertz CT molecular complexity index is 796. The summed E-state index contributed by atoms with van der Waals surface area (Å²) >= 11 is 10.9. The van der Waals surface area contributed by atoms with Crippen LogP contribution in [0.5, 0.6) is 0 Å². The summed E-state index contributed by atoms with van der Waals surface area (Å²) in [7, 11) is 0.132. The molecule has 1 heterocycles. The maximum absolute atomic E-state index is 14.3. The van der Waals surface area contributed by atoms with Gasteiger partial charge in [-0.15, -0.1) is 0 Å². The average molecular weight is 376 g/mol. The molecule has 0 bridgehead atoms. The van der Waals surface area contributed by atoms with Gasteiger partial charge in [0.15, 0.2) is 10.2 Å². The second-order valence-corrected chi connectivity index (χ2v) is 8.28.